The van der Waals surface area contributed by atoms with Gasteiger partial charge in [0.15, 0.2) is 0 Å². The SMILES string of the molecule is Cl.NCc1cnn(Cc2ccnc(C(F)(F)F)c2)c1. The highest BCUT2D eigenvalue weighted by atomic mass is 35.5. The number of hydrogen-bond donors (Lipinski definition) is 1. The Morgan fingerprint density at radius 2 is 2.00 bits per heavy atom. The van der Waals surface area contributed by atoms with E-state index >= 15 is 0 Å². The van der Waals surface area contributed by atoms with Gasteiger partial charge in [-0.2, -0.15) is 18.3 Å². The van der Waals surface area contributed by atoms with E-state index in [0.29, 0.717) is 12.1 Å². The van der Waals surface area contributed by atoms with Gasteiger partial charge < -0.3 is 5.73 Å². The molecule has 0 amide bonds. The predicted molar refractivity (Wildman–Crippen MR) is 65.7 cm³/mol. The second-order valence-corrected chi connectivity index (χ2v) is 3.80. The van der Waals surface area contributed by atoms with Gasteiger partial charge in [0, 0.05) is 24.5 Å². The Morgan fingerprint density at radius 1 is 1.26 bits per heavy atom. The summed E-state index contributed by atoms with van der Waals surface area (Å²) in [6.45, 7) is 0.607. The first-order valence-corrected chi connectivity index (χ1v) is 5.22. The summed E-state index contributed by atoms with van der Waals surface area (Å²) in [5.74, 6) is 0. The van der Waals surface area contributed by atoms with E-state index in [0.717, 1.165) is 17.8 Å². The molecule has 2 N–H and O–H groups in total. The summed E-state index contributed by atoms with van der Waals surface area (Å²) in [5, 5.41) is 4.01. The maximum atomic E-state index is 12.5. The van der Waals surface area contributed by atoms with Gasteiger partial charge in [-0.15, -0.1) is 12.4 Å². The monoisotopic (exact) mass is 292 g/mol. The molecule has 2 aromatic heterocycles. The summed E-state index contributed by atoms with van der Waals surface area (Å²) in [7, 11) is 0. The number of rotatable bonds is 3. The molecule has 2 aromatic rings. The van der Waals surface area contributed by atoms with Gasteiger partial charge in [0.25, 0.3) is 0 Å². The van der Waals surface area contributed by atoms with Crippen LogP contribution in [0, 0.1) is 0 Å². The van der Waals surface area contributed by atoms with Crippen LogP contribution < -0.4 is 5.73 Å². The number of halogens is 4. The molecule has 2 heterocycles. The summed E-state index contributed by atoms with van der Waals surface area (Å²) < 4.78 is 38.9. The van der Waals surface area contributed by atoms with Gasteiger partial charge >= 0.3 is 6.18 Å². The number of nitrogens with two attached hydrogens (primary N) is 1. The zero-order valence-corrected chi connectivity index (χ0v) is 10.6. The van der Waals surface area contributed by atoms with Crippen LogP contribution in [0.15, 0.2) is 30.7 Å². The minimum Gasteiger partial charge on any atom is -0.326 e. The van der Waals surface area contributed by atoms with Crippen molar-refractivity contribution in [3.8, 4) is 0 Å². The normalized spacial score (nSPS) is 11.2. The fraction of sp³-hybridized carbons (Fsp3) is 0.273. The molecule has 0 radical (unpaired) electrons. The van der Waals surface area contributed by atoms with Crippen LogP contribution in [0.1, 0.15) is 16.8 Å². The van der Waals surface area contributed by atoms with Crippen LogP contribution in [0.2, 0.25) is 0 Å². The van der Waals surface area contributed by atoms with Gasteiger partial charge in [0.05, 0.1) is 12.7 Å². The second kappa shape index (κ2) is 6.03. The van der Waals surface area contributed by atoms with Crippen molar-refractivity contribution in [3.05, 3.63) is 47.5 Å². The molecule has 0 spiro atoms. The van der Waals surface area contributed by atoms with Crippen LogP contribution in [-0.4, -0.2) is 14.8 Å². The number of alkyl halides is 3. The van der Waals surface area contributed by atoms with Crippen LogP contribution >= 0.6 is 12.4 Å². The average molecular weight is 293 g/mol. The molecule has 0 aliphatic heterocycles. The van der Waals surface area contributed by atoms with Crippen molar-refractivity contribution in [2.45, 2.75) is 19.3 Å². The van der Waals surface area contributed by atoms with Crippen LogP contribution in [0.4, 0.5) is 13.2 Å². The average Bonchev–Trinajstić information content (AvgIpc) is 2.76. The summed E-state index contributed by atoms with van der Waals surface area (Å²) >= 11 is 0. The van der Waals surface area contributed by atoms with Crippen LogP contribution in [0.5, 0.6) is 0 Å². The van der Waals surface area contributed by atoms with Gasteiger partial charge in [-0.3, -0.25) is 9.67 Å². The number of nitrogens with zero attached hydrogens (tertiary/aromatic N) is 3. The molecule has 0 aliphatic rings. The van der Waals surface area contributed by atoms with Crippen molar-refractivity contribution >= 4 is 12.4 Å². The molecule has 0 bridgehead atoms. The standard InChI is InChI=1S/C11H11F3N4.ClH/c12-11(13,14)10-3-8(1-2-16-10)6-18-7-9(4-15)5-17-18;/h1-3,5,7H,4,6,15H2;1H. The molecule has 0 aliphatic carbocycles. The van der Waals surface area contributed by atoms with Crippen LogP contribution in [0.3, 0.4) is 0 Å². The minimum atomic E-state index is -4.43. The summed E-state index contributed by atoms with van der Waals surface area (Å²) in [6.07, 6.45) is 0.00754. The third kappa shape index (κ3) is 3.93. The third-order valence-electron chi connectivity index (χ3n) is 2.38. The molecular weight excluding hydrogens is 281 g/mol. The molecule has 4 nitrogen and oxygen atoms in total. The zero-order valence-electron chi connectivity index (χ0n) is 9.76. The first-order valence-electron chi connectivity index (χ1n) is 5.22. The van der Waals surface area contributed by atoms with E-state index in [2.05, 4.69) is 10.1 Å². The van der Waals surface area contributed by atoms with Gasteiger partial charge in [-0.1, -0.05) is 0 Å². The Balaban J connectivity index is 0.00000180. The molecule has 2 rings (SSSR count). The molecule has 104 valence electrons. The Hall–Kier alpha value is -1.60. The molecular formula is C11H12ClF3N4. The number of pyridine rings is 1. The zero-order chi connectivity index (χ0) is 13.2. The molecule has 0 saturated carbocycles. The van der Waals surface area contributed by atoms with Gasteiger partial charge in [-0.25, -0.2) is 0 Å². The number of aromatic nitrogens is 3. The Morgan fingerprint density at radius 3 is 2.58 bits per heavy atom. The van der Waals surface area contributed by atoms with E-state index in [1.807, 2.05) is 0 Å². The lowest BCUT2D eigenvalue weighted by atomic mass is 10.2. The van der Waals surface area contributed by atoms with E-state index < -0.39 is 11.9 Å². The van der Waals surface area contributed by atoms with E-state index in [1.54, 1.807) is 12.4 Å². The fourth-order valence-corrected chi connectivity index (χ4v) is 1.51. The molecule has 0 unspecified atom stereocenters. The molecule has 19 heavy (non-hydrogen) atoms. The Kier molecular flexibility index (Phi) is 4.90. The maximum Gasteiger partial charge on any atom is 0.433 e. The highest BCUT2D eigenvalue weighted by Gasteiger charge is 2.32. The van der Waals surface area contributed by atoms with Crippen molar-refractivity contribution in [1.29, 1.82) is 0 Å². The van der Waals surface area contributed by atoms with Crippen molar-refractivity contribution in [1.82, 2.24) is 14.8 Å². The highest BCUT2D eigenvalue weighted by Crippen LogP contribution is 2.27. The van der Waals surface area contributed by atoms with Crippen LogP contribution in [-0.2, 0) is 19.3 Å². The quantitative estimate of drug-likeness (QED) is 0.944. The fourth-order valence-electron chi connectivity index (χ4n) is 1.51. The first-order chi connectivity index (χ1) is 8.49. The smallest absolute Gasteiger partial charge is 0.326 e. The van der Waals surface area contributed by atoms with Gasteiger partial charge in [-0.05, 0) is 17.7 Å². The molecule has 0 aromatic carbocycles. The Bertz CT molecular complexity index is 539. The summed E-state index contributed by atoms with van der Waals surface area (Å²) in [6, 6.07) is 2.54. The molecule has 0 saturated heterocycles. The highest BCUT2D eigenvalue weighted by molar-refractivity contribution is 5.85. The van der Waals surface area contributed by atoms with Crippen molar-refractivity contribution in [3.63, 3.8) is 0 Å². The predicted octanol–water partition coefficient (Wildman–Crippen LogP) is 2.23. The number of hydrogen-bond acceptors (Lipinski definition) is 3. The largest absolute Gasteiger partial charge is 0.433 e. The molecule has 8 heteroatoms. The molecule has 0 fully saturated rings. The minimum absolute atomic E-state index is 0. The van der Waals surface area contributed by atoms with Crippen molar-refractivity contribution in [2.75, 3.05) is 0 Å². The van der Waals surface area contributed by atoms with E-state index in [-0.39, 0.29) is 19.0 Å². The van der Waals surface area contributed by atoms with Gasteiger partial charge in [0.2, 0.25) is 0 Å². The van der Waals surface area contributed by atoms with Crippen molar-refractivity contribution < 1.29 is 13.2 Å². The van der Waals surface area contributed by atoms with Gasteiger partial charge in [0.1, 0.15) is 5.69 Å². The van der Waals surface area contributed by atoms with E-state index in [1.165, 1.54) is 10.7 Å². The lowest BCUT2D eigenvalue weighted by Gasteiger charge is -2.07. The van der Waals surface area contributed by atoms with Crippen LogP contribution in [0.25, 0.3) is 0 Å². The van der Waals surface area contributed by atoms with Crippen molar-refractivity contribution in [2.24, 2.45) is 5.73 Å². The van der Waals surface area contributed by atoms with E-state index in [4.69, 9.17) is 5.73 Å². The lowest BCUT2D eigenvalue weighted by molar-refractivity contribution is -0.141. The maximum absolute atomic E-state index is 12.5. The first kappa shape index (κ1) is 15.5. The van der Waals surface area contributed by atoms with E-state index in [9.17, 15) is 13.2 Å². The topological polar surface area (TPSA) is 56.7 Å². The molecule has 0 atom stereocenters. The second-order valence-electron chi connectivity index (χ2n) is 3.80. The Labute approximate surface area is 113 Å². The summed E-state index contributed by atoms with van der Waals surface area (Å²) in [4.78, 5) is 3.30. The summed E-state index contributed by atoms with van der Waals surface area (Å²) in [5.41, 5.74) is 5.85. The third-order valence-corrected chi connectivity index (χ3v) is 2.38. The lowest BCUT2D eigenvalue weighted by Crippen LogP contribution is -2.09.